The maximum atomic E-state index is 10.2. The van der Waals surface area contributed by atoms with E-state index in [0.29, 0.717) is 6.61 Å². The predicted octanol–water partition coefficient (Wildman–Crippen LogP) is 2.05. The summed E-state index contributed by atoms with van der Waals surface area (Å²) in [4.78, 5) is 0. The standard InChI is InChI=1S/C12H19NO3S2/c14-18(15)16-9-4-7-13-8-10-17-11-12-5-2-1-3-6-12/h1-3,5-6,13H,4,7-11H2,(H,14,15). The second kappa shape index (κ2) is 10.5. The van der Waals surface area contributed by atoms with Gasteiger partial charge in [0.15, 0.2) is 0 Å². The number of nitrogens with one attached hydrogen (secondary N) is 1. The number of hydrogen-bond acceptors (Lipinski definition) is 4. The highest BCUT2D eigenvalue weighted by atomic mass is 32.2. The van der Waals surface area contributed by atoms with Crippen LogP contribution in [0.15, 0.2) is 30.3 Å². The molecule has 0 heterocycles. The molecule has 0 aromatic heterocycles. The zero-order valence-corrected chi connectivity index (χ0v) is 11.8. The second-order valence-corrected chi connectivity index (χ2v) is 5.46. The topological polar surface area (TPSA) is 58.6 Å². The van der Waals surface area contributed by atoms with Crippen molar-refractivity contribution in [3.8, 4) is 0 Å². The fourth-order valence-electron chi connectivity index (χ4n) is 1.36. The van der Waals surface area contributed by atoms with Gasteiger partial charge in [0.1, 0.15) is 0 Å². The van der Waals surface area contributed by atoms with Crippen LogP contribution in [0.1, 0.15) is 12.0 Å². The first-order valence-corrected chi connectivity index (χ1v) is 8.04. The number of rotatable bonds is 10. The van der Waals surface area contributed by atoms with E-state index in [9.17, 15) is 4.21 Å². The molecule has 0 aliphatic heterocycles. The van der Waals surface area contributed by atoms with E-state index in [0.717, 1.165) is 31.0 Å². The fourth-order valence-corrected chi connectivity index (χ4v) is 2.48. The van der Waals surface area contributed by atoms with E-state index in [1.165, 1.54) is 5.56 Å². The predicted molar refractivity (Wildman–Crippen MR) is 76.8 cm³/mol. The molecule has 2 N–H and O–H groups in total. The molecule has 18 heavy (non-hydrogen) atoms. The molecule has 102 valence electrons. The quantitative estimate of drug-likeness (QED) is 0.510. The average Bonchev–Trinajstić information content (AvgIpc) is 2.37. The number of hydrogen-bond donors (Lipinski definition) is 2. The van der Waals surface area contributed by atoms with Crippen molar-refractivity contribution in [1.29, 1.82) is 0 Å². The molecule has 0 spiro atoms. The van der Waals surface area contributed by atoms with Crippen molar-refractivity contribution >= 4 is 23.1 Å². The van der Waals surface area contributed by atoms with Gasteiger partial charge in [0.2, 0.25) is 0 Å². The third-order valence-corrected chi connectivity index (χ3v) is 3.62. The Bertz CT molecular complexity index is 335. The van der Waals surface area contributed by atoms with E-state index in [1.54, 1.807) is 0 Å². The first-order chi connectivity index (χ1) is 8.79. The Labute approximate surface area is 115 Å². The lowest BCUT2D eigenvalue weighted by atomic mass is 10.2. The van der Waals surface area contributed by atoms with Gasteiger partial charge in [-0.1, -0.05) is 30.3 Å². The van der Waals surface area contributed by atoms with Crippen molar-refractivity contribution in [2.75, 3.05) is 25.4 Å². The maximum absolute atomic E-state index is 10.2. The van der Waals surface area contributed by atoms with Crippen LogP contribution >= 0.6 is 11.8 Å². The van der Waals surface area contributed by atoms with Crippen molar-refractivity contribution in [3.63, 3.8) is 0 Å². The molecule has 0 amide bonds. The van der Waals surface area contributed by atoms with Crippen LogP contribution in [0.4, 0.5) is 0 Å². The zero-order chi connectivity index (χ0) is 13.1. The van der Waals surface area contributed by atoms with E-state index >= 15 is 0 Å². The Kier molecular flexibility index (Phi) is 9.15. The van der Waals surface area contributed by atoms with Crippen molar-refractivity contribution in [2.24, 2.45) is 0 Å². The van der Waals surface area contributed by atoms with Crippen LogP contribution in [-0.2, 0) is 21.3 Å². The molecule has 1 rings (SSSR count). The Hall–Kier alpha value is -0.400. The van der Waals surface area contributed by atoms with Crippen LogP contribution < -0.4 is 5.32 Å². The van der Waals surface area contributed by atoms with Gasteiger partial charge in [0, 0.05) is 18.1 Å². The lowest BCUT2D eigenvalue weighted by Gasteiger charge is -2.04. The van der Waals surface area contributed by atoms with Gasteiger partial charge in [-0.15, -0.1) is 0 Å². The van der Waals surface area contributed by atoms with E-state index in [4.69, 9.17) is 4.55 Å². The minimum atomic E-state index is -2.13. The van der Waals surface area contributed by atoms with Gasteiger partial charge < -0.3 is 5.32 Å². The zero-order valence-electron chi connectivity index (χ0n) is 10.2. The smallest absolute Gasteiger partial charge is 0.301 e. The van der Waals surface area contributed by atoms with Gasteiger partial charge in [-0.25, -0.2) is 0 Å². The van der Waals surface area contributed by atoms with Crippen LogP contribution in [0.3, 0.4) is 0 Å². The van der Waals surface area contributed by atoms with Crippen molar-refractivity contribution in [1.82, 2.24) is 5.32 Å². The molecule has 0 fully saturated rings. The molecule has 1 aromatic carbocycles. The molecule has 0 saturated carbocycles. The average molecular weight is 289 g/mol. The molecule has 0 radical (unpaired) electrons. The summed E-state index contributed by atoms with van der Waals surface area (Å²) in [5, 5.41) is 3.26. The normalized spacial score (nSPS) is 12.5. The molecule has 1 aromatic rings. The summed E-state index contributed by atoms with van der Waals surface area (Å²) in [5.74, 6) is 2.09. The molecule has 0 saturated heterocycles. The van der Waals surface area contributed by atoms with Crippen molar-refractivity contribution in [3.05, 3.63) is 35.9 Å². The minimum Gasteiger partial charge on any atom is -0.316 e. The van der Waals surface area contributed by atoms with Crippen LogP contribution in [0.5, 0.6) is 0 Å². The SMILES string of the molecule is O=S(O)OCCCNCCSCc1ccccc1. The Morgan fingerprint density at radius 3 is 2.78 bits per heavy atom. The third-order valence-electron chi connectivity index (χ3n) is 2.22. The first-order valence-electron chi connectivity index (χ1n) is 5.85. The van der Waals surface area contributed by atoms with E-state index in [1.807, 2.05) is 17.8 Å². The van der Waals surface area contributed by atoms with E-state index in [2.05, 4.69) is 33.8 Å². The van der Waals surface area contributed by atoms with Crippen LogP contribution in [0, 0.1) is 0 Å². The monoisotopic (exact) mass is 289 g/mol. The number of thioether (sulfide) groups is 1. The summed E-state index contributed by atoms with van der Waals surface area (Å²) < 4.78 is 23.0. The Balaban J connectivity index is 1.86. The largest absolute Gasteiger partial charge is 0.316 e. The van der Waals surface area contributed by atoms with Gasteiger partial charge in [-0.05, 0) is 18.5 Å². The molecular weight excluding hydrogens is 270 g/mol. The molecular formula is C12H19NO3S2. The van der Waals surface area contributed by atoms with Gasteiger partial charge in [-0.2, -0.15) is 16.0 Å². The van der Waals surface area contributed by atoms with Crippen molar-refractivity contribution in [2.45, 2.75) is 12.2 Å². The summed E-state index contributed by atoms with van der Waals surface area (Å²) in [6.45, 7) is 2.07. The summed E-state index contributed by atoms with van der Waals surface area (Å²) in [6, 6.07) is 10.4. The highest BCUT2D eigenvalue weighted by Gasteiger charge is 1.94. The van der Waals surface area contributed by atoms with Crippen LogP contribution in [-0.4, -0.2) is 34.2 Å². The lowest BCUT2D eigenvalue weighted by molar-refractivity contribution is 0.300. The van der Waals surface area contributed by atoms with E-state index in [-0.39, 0.29) is 0 Å². The van der Waals surface area contributed by atoms with E-state index < -0.39 is 11.4 Å². The summed E-state index contributed by atoms with van der Waals surface area (Å²) in [5.41, 5.74) is 1.35. The Morgan fingerprint density at radius 2 is 2.06 bits per heavy atom. The molecule has 1 unspecified atom stereocenters. The van der Waals surface area contributed by atoms with Crippen LogP contribution in [0.25, 0.3) is 0 Å². The molecule has 0 bridgehead atoms. The molecule has 4 nitrogen and oxygen atoms in total. The summed E-state index contributed by atoms with van der Waals surface area (Å²) in [7, 11) is 0. The van der Waals surface area contributed by atoms with Gasteiger partial charge in [0.05, 0.1) is 6.61 Å². The molecule has 1 atom stereocenters. The molecule has 0 aliphatic carbocycles. The fraction of sp³-hybridized carbons (Fsp3) is 0.500. The first kappa shape index (κ1) is 15.7. The molecule has 6 heteroatoms. The third kappa shape index (κ3) is 8.66. The molecule has 0 aliphatic rings. The summed E-state index contributed by atoms with van der Waals surface area (Å²) >= 11 is -0.236. The van der Waals surface area contributed by atoms with Gasteiger partial charge in [0.25, 0.3) is 0 Å². The van der Waals surface area contributed by atoms with Gasteiger partial charge in [-0.3, -0.25) is 8.74 Å². The van der Waals surface area contributed by atoms with Gasteiger partial charge >= 0.3 is 11.4 Å². The minimum absolute atomic E-state index is 0.313. The van der Waals surface area contributed by atoms with Crippen LogP contribution in [0.2, 0.25) is 0 Å². The second-order valence-electron chi connectivity index (χ2n) is 3.68. The highest BCUT2D eigenvalue weighted by Crippen LogP contribution is 2.10. The summed E-state index contributed by atoms with van der Waals surface area (Å²) in [6.07, 6.45) is 0.746. The highest BCUT2D eigenvalue weighted by molar-refractivity contribution is 7.98. The lowest BCUT2D eigenvalue weighted by Crippen LogP contribution is -2.19. The van der Waals surface area contributed by atoms with Crippen molar-refractivity contribution < 1.29 is 12.9 Å². The number of benzene rings is 1. The Morgan fingerprint density at radius 1 is 1.28 bits per heavy atom. The maximum Gasteiger partial charge on any atom is 0.301 e.